The molecule has 1 amide bonds. The van der Waals surface area contributed by atoms with Crippen molar-refractivity contribution in [2.24, 2.45) is 5.92 Å². The van der Waals surface area contributed by atoms with E-state index in [9.17, 15) is 9.90 Å². The van der Waals surface area contributed by atoms with E-state index in [2.05, 4.69) is 62.3 Å². The van der Waals surface area contributed by atoms with E-state index in [-0.39, 0.29) is 11.7 Å². The molecule has 1 fully saturated rings. The van der Waals surface area contributed by atoms with Gasteiger partial charge in [-0.2, -0.15) is 0 Å². The fourth-order valence-electron chi connectivity index (χ4n) is 5.05. The minimum absolute atomic E-state index is 0.0125. The Morgan fingerprint density at radius 3 is 2.41 bits per heavy atom. The Morgan fingerprint density at radius 1 is 1.06 bits per heavy atom. The Balaban J connectivity index is 1.48. The summed E-state index contributed by atoms with van der Waals surface area (Å²) in [7, 11) is 2.20. The van der Waals surface area contributed by atoms with Gasteiger partial charge in [-0.3, -0.25) is 4.79 Å². The van der Waals surface area contributed by atoms with Crippen LogP contribution in [0.5, 0.6) is 5.75 Å². The quantitative estimate of drug-likeness (QED) is 0.483. The van der Waals surface area contributed by atoms with Crippen LogP contribution in [-0.2, 0) is 10.2 Å². The van der Waals surface area contributed by atoms with Gasteiger partial charge in [-0.15, -0.1) is 0 Å². The van der Waals surface area contributed by atoms with E-state index in [1.165, 1.54) is 22.3 Å². The highest BCUT2D eigenvalue weighted by Gasteiger charge is 2.51. The molecule has 1 saturated carbocycles. The fraction of sp³-hybridized carbons (Fsp3) is 0.433. The van der Waals surface area contributed by atoms with Crippen molar-refractivity contribution in [3.05, 3.63) is 76.4 Å². The van der Waals surface area contributed by atoms with Crippen LogP contribution < -0.4 is 5.32 Å². The van der Waals surface area contributed by atoms with Crippen LogP contribution in [0.25, 0.3) is 5.57 Å². The molecule has 2 aromatic rings. The second kappa shape index (κ2) is 9.79. The summed E-state index contributed by atoms with van der Waals surface area (Å²) in [4.78, 5) is 15.7. The molecule has 0 atom stereocenters. The highest BCUT2D eigenvalue weighted by molar-refractivity contribution is 6.01. The number of allylic oxidation sites excluding steroid dienone is 3. The molecule has 0 bridgehead atoms. The second-order valence-corrected chi connectivity index (χ2v) is 10.7. The monoisotopic (exact) mass is 458 g/mol. The number of phenols is 1. The van der Waals surface area contributed by atoms with Gasteiger partial charge in [-0.25, -0.2) is 0 Å². The van der Waals surface area contributed by atoms with E-state index in [0.29, 0.717) is 5.92 Å². The van der Waals surface area contributed by atoms with Crippen LogP contribution in [0.4, 0.5) is 5.69 Å². The lowest BCUT2D eigenvalue weighted by molar-refractivity contribution is -0.118. The Kier molecular flexibility index (Phi) is 6.99. The number of nitrogens with zero attached hydrogens (tertiary/aromatic N) is 1. The van der Waals surface area contributed by atoms with Crippen molar-refractivity contribution in [2.45, 2.75) is 58.8 Å². The SMILES string of the molecule is Cc1ccc(C2(C(=O)Nc3ccc(C)c(C4=CC=C(CN(C)CC(C)C)CC4)c3)CC2)cc1O. The maximum atomic E-state index is 13.3. The molecule has 2 aromatic carbocycles. The molecule has 0 spiro atoms. The largest absolute Gasteiger partial charge is 0.508 e. The average molecular weight is 459 g/mol. The predicted molar refractivity (Wildman–Crippen MR) is 141 cm³/mol. The third-order valence-electron chi connectivity index (χ3n) is 7.17. The molecule has 2 aliphatic rings. The summed E-state index contributed by atoms with van der Waals surface area (Å²) < 4.78 is 0. The van der Waals surface area contributed by atoms with Gasteiger partial charge in [0.25, 0.3) is 0 Å². The maximum absolute atomic E-state index is 13.3. The summed E-state index contributed by atoms with van der Waals surface area (Å²) >= 11 is 0. The Labute approximate surface area is 204 Å². The molecule has 180 valence electrons. The van der Waals surface area contributed by atoms with Crippen molar-refractivity contribution in [1.29, 1.82) is 0 Å². The zero-order chi connectivity index (χ0) is 24.5. The number of phenolic OH excluding ortho intramolecular Hbond substituents is 1. The number of aryl methyl sites for hydroxylation is 2. The minimum atomic E-state index is -0.528. The molecule has 0 unspecified atom stereocenters. The van der Waals surface area contributed by atoms with Gasteiger partial charge in [0.05, 0.1) is 5.41 Å². The Bertz CT molecular complexity index is 1140. The number of nitrogens with one attached hydrogen (secondary N) is 1. The maximum Gasteiger partial charge on any atom is 0.235 e. The number of rotatable bonds is 8. The topological polar surface area (TPSA) is 52.6 Å². The van der Waals surface area contributed by atoms with Crippen molar-refractivity contribution >= 4 is 17.2 Å². The first-order valence-electron chi connectivity index (χ1n) is 12.5. The lowest BCUT2D eigenvalue weighted by Crippen LogP contribution is -2.27. The lowest BCUT2D eigenvalue weighted by Gasteiger charge is -2.23. The predicted octanol–water partition coefficient (Wildman–Crippen LogP) is 6.37. The highest BCUT2D eigenvalue weighted by Crippen LogP contribution is 2.50. The normalized spacial score (nSPS) is 16.9. The molecule has 0 aromatic heterocycles. The number of hydrogen-bond acceptors (Lipinski definition) is 3. The molecule has 0 aliphatic heterocycles. The zero-order valence-electron chi connectivity index (χ0n) is 21.2. The van der Waals surface area contributed by atoms with Crippen molar-refractivity contribution < 1.29 is 9.90 Å². The van der Waals surface area contributed by atoms with Crippen LogP contribution in [0, 0.1) is 19.8 Å². The molecule has 0 radical (unpaired) electrons. The number of aromatic hydroxyl groups is 1. The fourth-order valence-corrected chi connectivity index (χ4v) is 5.05. The summed E-state index contributed by atoms with van der Waals surface area (Å²) in [6, 6.07) is 11.8. The van der Waals surface area contributed by atoms with Crippen LogP contribution in [0.15, 0.2) is 54.1 Å². The van der Waals surface area contributed by atoms with Gasteiger partial charge in [0, 0.05) is 18.8 Å². The summed E-state index contributed by atoms with van der Waals surface area (Å²) in [5.74, 6) is 0.937. The van der Waals surface area contributed by atoms with Gasteiger partial charge in [-0.1, -0.05) is 49.8 Å². The van der Waals surface area contributed by atoms with Gasteiger partial charge < -0.3 is 15.3 Å². The van der Waals surface area contributed by atoms with Gasteiger partial charge >= 0.3 is 0 Å². The first-order chi connectivity index (χ1) is 16.2. The molecular weight excluding hydrogens is 420 g/mol. The van der Waals surface area contributed by atoms with Crippen molar-refractivity contribution in [2.75, 3.05) is 25.5 Å². The molecule has 0 saturated heterocycles. The van der Waals surface area contributed by atoms with Gasteiger partial charge in [0.15, 0.2) is 0 Å². The van der Waals surface area contributed by atoms with Crippen molar-refractivity contribution in [1.82, 2.24) is 4.90 Å². The molecular formula is C30H38N2O2. The molecule has 4 rings (SSSR count). The molecule has 2 N–H and O–H groups in total. The number of anilines is 1. The van der Waals surface area contributed by atoms with E-state index < -0.39 is 5.41 Å². The number of likely N-dealkylation sites (N-methyl/N-ethyl adjacent to an activating group) is 1. The van der Waals surface area contributed by atoms with Gasteiger partial charge in [0.2, 0.25) is 5.91 Å². The lowest BCUT2D eigenvalue weighted by atomic mass is 9.90. The third kappa shape index (κ3) is 5.28. The van der Waals surface area contributed by atoms with Crippen molar-refractivity contribution in [3.8, 4) is 5.75 Å². The van der Waals surface area contributed by atoms with Crippen LogP contribution in [0.2, 0.25) is 0 Å². The van der Waals surface area contributed by atoms with E-state index in [0.717, 1.165) is 55.6 Å². The van der Waals surface area contributed by atoms with Gasteiger partial charge in [0.1, 0.15) is 5.75 Å². The molecule has 4 heteroatoms. The summed E-state index contributed by atoms with van der Waals surface area (Å²) in [6.45, 7) is 10.7. The first-order valence-corrected chi connectivity index (χ1v) is 12.5. The van der Waals surface area contributed by atoms with Gasteiger partial charge in [-0.05, 0) is 98.5 Å². The summed E-state index contributed by atoms with van der Waals surface area (Å²) in [5, 5.41) is 13.3. The Hall–Kier alpha value is -2.85. The van der Waals surface area contributed by atoms with Crippen LogP contribution in [0.1, 0.15) is 61.8 Å². The van der Waals surface area contributed by atoms with Crippen molar-refractivity contribution in [3.63, 3.8) is 0 Å². The first kappa shape index (κ1) is 24.3. The van der Waals surface area contributed by atoms with Crippen LogP contribution >= 0.6 is 0 Å². The molecule has 0 heterocycles. The third-order valence-corrected chi connectivity index (χ3v) is 7.17. The number of carbonyl (C=O) groups excluding carboxylic acids is 1. The number of hydrogen-bond donors (Lipinski definition) is 2. The zero-order valence-corrected chi connectivity index (χ0v) is 21.2. The molecule has 4 nitrogen and oxygen atoms in total. The summed E-state index contributed by atoms with van der Waals surface area (Å²) in [5.41, 5.74) is 7.27. The second-order valence-electron chi connectivity index (χ2n) is 10.7. The standard InChI is InChI=1S/C30H38N2O2/c1-20(2)18-32(5)19-23-8-10-24(11-9-23)27-17-26(13-7-21(27)3)31-29(34)30(14-15-30)25-12-6-22(4)28(33)16-25/h6-8,10,12-13,16-17,20,33H,9,11,14-15,18-19H2,1-5H3,(H,31,34). The van der Waals surface area contributed by atoms with E-state index in [4.69, 9.17) is 0 Å². The average Bonchev–Trinajstić information content (AvgIpc) is 3.59. The highest BCUT2D eigenvalue weighted by atomic mass is 16.3. The van der Waals surface area contributed by atoms with Crippen LogP contribution in [0.3, 0.4) is 0 Å². The molecule has 2 aliphatic carbocycles. The smallest absolute Gasteiger partial charge is 0.235 e. The number of benzene rings is 2. The number of amides is 1. The Morgan fingerprint density at radius 2 is 1.79 bits per heavy atom. The van der Waals surface area contributed by atoms with Crippen LogP contribution in [-0.4, -0.2) is 36.1 Å². The van der Waals surface area contributed by atoms with E-state index in [1.54, 1.807) is 6.07 Å². The van der Waals surface area contributed by atoms with E-state index >= 15 is 0 Å². The summed E-state index contributed by atoms with van der Waals surface area (Å²) in [6.07, 6.45) is 8.25. The molecule has 34 heavy (non-hydrogen) atoms. The minimum Gasteiger partial charge on any atom is -0.508 e. The number of carbonyl (C=O) groups is 1. The van der Waals surface area contributed by atoms with E-state index in [1.807, 2.05) is 25.1 Å².